The van der Waals surface area contributed by atoms with Crippen LogP contribution in [0.5, 0.6) is 0 Å². The maximum atomic E-state index is 12.1. The molecule has 1 amide bonds. The number of hydrogen-bond acceptors (Lipinski definition) is 5. The van der Waals surface area contributed by atoms with Gasteiger partial charge in [0.2, 0.25) is 0 Å². The number of nitrogens with zero attached hydrogens (tertiary/aromatic N) is 1. The normalized spacial score (nSPS) is 13.6. The minimum absolute atomic E-state index is 0.0301. The first-order chi connectivity index (χ1) is 10.5. The SMILES string of the molecule is C[C@](O)(CCCO)CNC(=O)c1ccc(-c2nccs2)cc1. The van der Waals surface area contributed by atoms with Gasteiger partial charge in [-0.2, -0.15) is 0 Å². The lowest BCUT2D eigenvalue weighted by atomic mass is 10.0. The average molecular weight is 320 g/mol. The van der Waals surface area contributed by atoms with E-state index in [-0.39, 0.29) is 19.1 Å². The third-order valence-corrected chi connectivity index (χ3v) is 4.15. The Morgan fingerprint density at radius 1 is 1.36 bits per heavy atom. The highest BCUT2D eigenvalue weighted by Gasteiger charge is 2.20. The van der Waals surface area contributed by atoms with Crippen molar-refractivity contribution in [3.63, 3.8) is 0 Å². The molecule has 1 aromatic carbocycles. The summed E-state index contributed by atoms with van der Waals surface area (Å²) < 4.78 is 0. The quantitative estimate of drug-likeness (QED) is 0.729. The van der Waals surface area contributed by atoms with Crippen molar-refractivity contribution in [2.75, 3.05) is 13.2 Å². The first kappa shape index (κ1) is 16.6. The maximum Gasteiger partial charge on any atom is 0.251 e. The van der Waals surface area contributed by atoms with Crippen LogP contribution in [0.15, 0.2) is 35.8 Å². The zero-order chi connectivity index (χ0) is 16.0. The van der Waals surface area contributed by atoms with Gasteiger partial charge in [0.05, 0.1) is 5.60 Å². The molecule has 1 atom stereocenters. The Hall–Kier alpha value is -1.76. The van der Waals surface area contributed by atoms with Crippen molar-refractivity contribution in [2.24, 2.45) is 0 Å². The van der Waals surface area contributed by atoms with E-state index in [1.807, 2.05) is 17.5 Å². The Kier molecular flexibility index (Phi) is 5.65. The van der Waals surface area contributed by atoms with Crippen LogP contribution in [-0.4, -0.2) is 39.9 Å². The van der Waals surface area contributed by atoms with Gasteiger partial charge in [-0.25, -0.2) is 4.98 Å². The second kappa shape index (κ2) is 7.49. The van der Waals surface area contributed by atoms with Crippen molar-refractivity contribution in [3.8, 4) is 10.6 Å². The molecule has 1 heterocycles. The first-order valence-electron chi connectivity index (χ1n) is 7.13. The number of carbonyl (C=O) groups excluding carboxylic acids is 1. The van der Waals surface area contributed by atoms with Gasteiger partial charge in [0, 0.05) is 35.9 Å². The third-order valence-electron chi connectivity index (χ3n) is 3.33. The molecule has 0 aliphatic carbocycles. The molecule has 5 nitrogen and oxygen atoms in total. The fourth-order valence-corrected chi connectivity index (χ4v) is 2.70. The fraction of sp³-hybridized carbons (Fsp3) is 0.375. The zero-order valence-electron chi connectivity index (χ0n) is 12.5. The van der Waals surface area contributed by atoms with Crippen LogP contribution < -0.4 is 5.32 Å². The van der Waals surface area contributed by atoms with E-state index < -0.39 is 5.60 Å². The van der Waals surface area contributed by atoms with E-state index in [0.717, 1.165) is 10.6 Å². The molecule has 2 rings (SSSR count). The average Bonchev–Trinajstić information content (AvgIpc) is 3.05. The molecular formula is C16H20N2O3S. The number of carbonyl (C=O) groups is 1. The molecule has 0 fully saturated rings. The van der Waals surface area contributed by atoms with Crippen LogP contribution in [0.2, 0.25) is 0 Å². The molecule has 6 heteroatoms. The van der Waals surface area contributed by atoms with Crippen LogP contribution >= 0.6 is 11.3 Å². The van der Waals surface area contributed by atoms with Gasteiger partial charge in [0.1, 0.15) is 5.01 Å². The number of thiazole rings is 1. The number of rotatable bonds is 7. The van der Waals surface area contributed by atoms with Gasteiger partial charge in [-0.3, -0.25) is 4.79 Å². The summed E-state index contributed by atoms with van der Waals surface area (Å²) in [5, 5.41) is 24.4. The van der Waals surface area contributed by atoms with Crippen molar-refractivity contribution >= 4 is 17.2 Å². The second-order valence-electron chi connectivity index (χ2n) is 5.42. The van der Waals surface area contributed by atoms with Crippen LogP contribution in [0, 0.1) is 0 Å². The van der Waals surface area contributed by atoms with E-state index in [0.29, 0.717) is 18.4 Å². The van der Waals surface area contributed by atoms with E-state index in [4.69, 9.17) is 5.11 Å². The van der Waals surface area contributed by atoms with Gasteiger partial charge in [0.25, 0.3) is 5.91 Å². The summed E-state index contributed by atoms with van der Waals surface area (Å²) in [5.74, 6) is -0.227. The van der Waals surface area contributed by atoms with Gasteiger partial charge in [0.15, 0.2) is 0 Å². The maximum absolute atomic E-state index is 12.1. The summed E-state index contributed by atoms with van der Waals surface area (Å²) in [7, 11) is 0. The monoisotopic (exact) mass is 320 g/mol. The van der Waals surface area contributed by atoms with Crippen LogP contribution in [-0.2, 0) is 0 Å². The minimum Gasteiger partial charge on any atom is -0.396 e. The van der Waals surface area contributed by atoms with E-state index in [2.05, 4.69) is 10.3 Å². The summed E-state index contributed by atoms with van der Waals surface area (Å²) in [5.41, 5.74) is 0.499. The highest BCUT2D eigenvalue weighted by Crippen LogP contribution is 2.21. The van der Waals surface area contributed by atoms with Crippen molar-refractivity contribution in [3.05, 3.63) is 41.4 Å². The predicted molar refractivity (Wildman–Crippen MR) is 86.8 cm³/mol. The molecule has 2 aromatic rings. The number of benzene rings is 1. The highest BCUT2D eigenvalue weighted by molar-refractivity contribution is 7.13. The molecule has 0 saturated carbocycles. The number of aliphatic hydroxyl groups excluding tert-OH is 1. The summed E-state index contributed by atoms with van der Waals surface area (Å²) in [6.45, 7) is 1.83. The van der Waals surface area contributed by atoms with Crippen molar-refractivity contribution in [1.82, 2.24) is 10.3 Å². The Balaban J connectivity index is 1.93. The van der Waals surface area contributed by atoms with E-state index >= 15 is 0 Å². The van der Waals surface area contributed by atoms with Gasteiger partial charge in [-0.05, 0) is 31.9 Å². The molecule has 3 N–H and O–H groups in total. The lowest BCUT2D eigenvalue weighted by Crippen LogP contribution is -2.40. The van der Waals surface area contributed by atoms with Crippen molar-refractivity contribution in [1.29, 1.82) is 0 Å². The Morgan fingerprint density at radius 3 is 2.68 bits per heavy atom. The molecular weight excluding hydrogens is 300 g/mol. The molecule has 0 saturated heterocycles. The van der Waals surface area contributed by atoms with Crippen LogP contribution in [0.1, 0.15) is 30.1 Å². The second-order valence-corrected chi connectivity index (χ2v) is 6.32. The topological polar surface area (TPSA) is 82.5 Å². The molecule has 0 aliphatic heterocycles. The molecule has 22 heavy (non-hydrogen) atoms. The Morgan fingerprint density at radius 2 is 2.09 bits per heavy atom. The summed E-state index contributed by atoms with van der Waals surface area (Å²) in [6.07, 6.45) is 2.69. The summed E-state index contributed by atoms with van der Waals surface area (Å²) in [6, 6.07) is 7.21. The smallest absolute Gasteiger partial charge is 0.251 e. The Bertz CT molecular complexity index is 594. The number of nitrogens with one attached hydrogen (secondary N) is 1. The zero-order valence-corrected chi connectivity index (χ0v) is 13.3. The number of aliphatic hydroxyl groups is 2. The minimum atomic E-state index is -1.01. The largest absolute Gasteiger partial charge is 0.396 e. The predicted octanol–water partition coefficient (Wildman–Crippen LogP) is 2.06. The van der Waals surface area contributed by atoms with Gasteiger partial charge in [-0.15, -0.1) is 11.3 Å². The van der Waals surface area contributed by atoms with E-state index in [9.17, 15) is 9.90 Å². The van der Waals surface area contributed by atoms with Crippen LogP contribution in [0.3, 0.4) is 0 Å². The molecule has 0 radical (unpaired) electrons. The lowest BCUT2D eigenvalue weighted by molar-refractivity contribution is 0.0415. The first-order valence-corrected chi connectivity index (χ1v) is 8.01. The summed E-state index contributed by atoms with van der Waals surface area (Å²) in [4.78, 5) is 16.3. The van der Waals surface area contributed by atoms with E-state index in [1.54, 1.807) is 36.6 Å². The number of aromatic nitrogens is 1. The van der Waals surface area contributed by atoms with Gasteiger partial charge >= 0.3 is 0 Å². The third kappa shape index (κ3) is 4.62. The molecule has 118 valence electrons. The molecule has 1 aromatic heterocycles. The fourth-order valence-electron chi connectivity index (χ4n) is 2.05. The molecule has 0 aliphatic rings. The molecule has 0 spiro atoms. The summed E-state index contributed by atoms with van der Waals surface area (Å²) >= 11 is 1.55. The van der Waals surface area contributed by atoms with Crippen LogP contribution in [0.25, 0.3) is 10.6 Å². The van der Waals surface area contributed by atoms with Crippen molar-refractivity contribution in [2.45, 2.75) is 25.4 Å². The van der Waals surface area contributed by atoms with Crippen molar-refractivity contribution < 1.29 is 15.0 Å². The number of amides is 1. The lowest BCUT2D eigenvalue weighted by Gasteiger charge is -2.23. The number of hydrogen-bond donors (Lipinski definition) is 3. The highest BCUT2D eigenvalue weighted by atomic mass is 32.1. The Labute approximate surface area is 133 Å². The van der Waals surface area contributed by atoms with Crippen LogP contribution in [0.4, 0.5) is 0 Å². The molecule has 0 bridgehead atoms. The van der Waals surface area contributed by atoms with Gasteiger partial charge < -0.3 is 15.5 Å². The van der Waals surface area contributed by atoms with E-state index in [1.165, 1.54) is 0 Å². The molecule has 0 unspecified atom stereocenters. The van der Waals surface area contributed by atoms with Gasteiger partial charge in [-0.1, -0.05) is 12.1 Å². The standard InChI is InChI=1S/C16H20N2O3S/c1-16(21,7-2-9-19)11-18-14(20)12-3-5-13(6-4-12)15-17-8-10-22-15/h3-6,8,10,19,21H,2,7,9,11H2,1H3,(H,18,20)/t16-/m0/s1.